The number of carbonyl (C=O) groups is 3. The molecule has 1 unspecified atom stereocenters. The van der Waals surface area contributed by atoms with E-state index in [4.69, 9.17) is 4.74 Å². The van der Waals surface area contributed by atoms with Crippen LogP contribution >= 0.6 is 0 Å². The quantitative estimate of drug-likeness (QED) is 0.182. The predicted octanol–water partition coefficient (Wildman–Crippen LogP) is 5.14. The van der Waals surface area contributed by atoms with E-state index in [1.807, 2.05) is 41.3 Å². The number of fused-ring (bicyclic) bond motifs is 1. The minimum absolute atomic E-state index is 0.0421. The van der Waals surface area contributed by atoms with Crippen LogP contribution < -0.4 is 5.32 Å². The van der Waals surface area contributed by atoms with Crippen molar-refractivity contribution in [2.24, 2.45) is 0 Å². The molecule has 3 N–H and O–H groups in total. The number of benzene rings is 3. The third kappa shape index (κ3) is 7.72. The van der Waals surface area contributed by atoms with Gasteiger partial charge in [-0.2, -0.15) is 0 Å². The zero-order chi connectivity index (χ0) is 33.6. The summed E-state index contributed by atoms with van der Waals surface area (Å²) in [7, 11) is 1.72. The molecule has 48 heavy (non-hydrogen) atoms. The van der Waals surface area contributed by atoms with Crippen LogP contribution in [0.5, 0.6) is 0 Å². The van der Waals surface area contributed by atoms with Crippen molar-refractivity contribution in [2.45, 2.75) is 56.7 Å². The first-order valence-electron chi connectivity index (χ1n) is 16.8. The Kier molecular flexibility index (Phi) is 10.4. The Morgan fingerprint density at radius 2 is 1.65 bits per heavy atom. The molecule has 2 atom stereocenters. The number of hydrogen-bond acceptors (Lipinski definition) is 5. The van der Waals surface area contributed by atoms with Gasteiger partial charge in [-0.25, -0.2) is 4.79 Å². The van der Waals surface area contributed by atoms with Crippen molar-refractivity contribution in [1.82, 2.24) is 19.7 Å². The normalized spacial score (nSPS) is 17.2. The molecule has 0 spiro atoms. The SMILES string of the molecule is COCCCn1c(C2CCCN(C(=O)C[C@@H](Cc3ccc(-c4ccc(C(=O)N5CC(O)C5)cc4)cc3)NC(=O)O)C2)cc2ccccc21. The van der Waals surface area contributed by atoms with Crippen LogP contribution in [0.3, 0.4) is 0 Å². The number of nitrogens with zero attached hydrogens (tertiary/aromatic N) is 3. The average Bonchev–Trinajstić information content (AvgIpc) is 3.45. The summed E-state index contributed by atoms with van der Waals surface area (Å²) in [5, 5.41) is 22.9. The Morgan fingerprint density at radius 1 is 0.938 bits per heavy atom. The number of aliphatic hydroxyl groups is 1. The first-order chi connectivity index (χ1) is 23.3. The predicted molar refractivity (Wildman–Crippen MR) is 184 cm³/mol. The number of aromatic nitrogens is 1. The summed E-state index contributed by atoms with van der Waals surface area (Å²) in [6, 6.07) is 25.3. The Balaban J connectivity index is 1.09. The number of para-hydroxylation sites is 1. The molecule has 4 aromatic rings. The van der Waals surface area contributed by atoms with Gasteiger partial charge < -0.3 is 34.6 Å². The number of aryl methyl sites for hydroxylation is 1. The number of rotatable bonds is 12. The average molecular weight is 653 g/mol. The zero-order valence-electron chi connectivity index (χ0n) is 27.4. The van der Waals surface area contributed by atoms with E-state index in [0.29, 0.717) is 44.8 Å². The summed E-state index contributed by atoms with van der Waals surface area (Å²) < 4.78 is 7.69. The highest BCUT2D eigenvalue weighted by Crippen LogP contribution is 2.32. The first kappa shape index (κ1) is 33.2. The number of nitrogens with one attached hydrogen (secondary N) is 1. The number of amides is 3. The van der Waals surface area contributed by atoms with Crippen LogP contribution in [0.1, 0.15) is 53.2 Å². The number of carbonyl (C=O) groups excluding carboxylic acids is 2. The monoisotopic (exact) mass is 652 g/mol. The fourth-order valence-corrected chi connectivity index (χ4v) is 7.05. The highest BCUT2D eigenvalue weighted by molar-refractivity contribution is 5.95. The molecule has 2 aliphatic heterocycles. The molecule has 2 saturated heterocycles. The summed E-state index contributed by atoms with van der Waals surface area (Å²) in [6.45, 7) is 3.54. The fourth-order valence-electron chi connectivity index (χ4n) is 7.05. The van der Waals surface area contributed by atoms with E-state index in [0.717, 1.165) is 42.5 Å². The third-order valence-electron chi connectivity index (χ3n) is 9.56. The van der Waals surface area contributed by atoms with Crippen molar-refractivity contribution in [3.8, 4) is 11.1 Å². The second kappa shape index (κ2) is 15.0. The maximum atomic E-state index is 13.7. The van der Waals surface area contributed by atoms with E-state index in [2.05, 4.69) is 40.2 Å². The van der Waals surface area contributed by atoms with Gasteiger partial charge in [0.05, 0.1) is 6.10 Å². The molecular formula is C38H44N4O6. The zero-order valence-corrected chi connectivity index (χ0v) is 27.4. The molecule has 2 fully saturated rings. The van der Waals surface area contributed by atoms with E-state index >= 15 is 0 Å². The van der Waals surface area contributed by atoms with Crippen molar-refractivity contribution >= 4 is 28.8 Å². The van der Waals surface area contributed by atoms with Crippen molar-refractivity contribution in [3.63, 3.8) is 0 Å². The molecule has 10 heteroatoms. The minimum Gasteiger partial charge on any atom is -0.465 e. The molecule has 0 saturated carbocycles. The molecule has 10 nitrogen and oxygen atoms in total. The Morgan fingerprint density at radius 3 is 2.33 bits per heavy atom. The van der Waals surface area contributed by atoms with Gasteiger partial charge in [-0.15, -0.1) is 0 Å². The maximum Gasteiger partial charge on any atom is 0.404 e. The molecule has 0 radical (unpaired) electrons. The van der Waals surface area contributed by atoms with E-state index in [9.17, 15) is 24.6 Å². The molecule has 3 amide bonds. The number of aliphatic hydroxyl groups excluding tert-OH is 1. The van der Waals surface area contributed by atoms with Gasteiger partial charge in [0.2, 0.25) is 5.91 Å². The molecule has 1 aromatic heterocycles. The number of carboxylic acid groups (broad SMARTS) is 1. The summed E-state index contributed by atoms with van der Waals surface area (Å²) in [6.07, 6.45) is 1.68. The van der Waals surface area contributed by atoms with Gasteiger partial charge in [0.1, 0.15) is 0 Å². The Labute approximate surface area is 280 Å². The number of methoxy groups -OCH3 is 1. The van der Waals surface area contributed by atoms with Gasteiger partial charge in [0, 0.05) is 81.6 Å². The Hall–Kier alpha value is -4.67. The smallest absolute Gasteiger partial charge is 0.404 e. The lowest BCUT2D eigenvalue weighted by atomic mass is 9.93. The number of piperidine rings is 1. The van der Waals surface area contributed by atoms with Gasteiger partial charge in [0.15, 0.2) is 0 Å². The summed E-state index contributed by atoms with van der Waals surface area (Å²) >= 11 is 0. The largest absolute Gasteiger partial charge is 0.465 e. The van der Waals surface area contributed by atoms with Crippen LogP contribution in [0.25, 0.3) is 22.0 Å². The van der Waals surface area contributed by atoms with Crippen molar-refractivity contribution in [2.75, 3.05) is 39.9 Å². The molecule has 252 valence electrons. The van der Waals surface area contributed by atoms with Crippen molar-refractivity contribution in [3.05, 3.63) is 95.7 Å². The number of likely N-dealkylation sites (tertiary alicyclic amines) is 2. The van der Waals surface area contributed by atoms with Crippen LogP contribution in [0.2, 0.25) is 0 Å². The van der Waals surface area contributed by atoms with Gasteiger partial charge in [-0.05, 0) is 72.0 Å². The molecule has 3 heterocycles. The first-order valence-corrected chi connectivity index (χ1v) is 16.8. The highest BCUT2D eigenvalue weighted by atomic mass is 16.5. The maximum absolute atomic E-state index is 13.7. The van der Waals surface area contributed by atoms with E-state index in [1.165, 1.54) is 16.6 Å². The number of hydrogen-bond donors (Lipinski definition) is 3. The summed E-state index contributed by atoms with van der Waals surface area (Å²) in [4.78, 5) is 41.4. The van der Waals surface area contributed by atoms with E-state index in [-0.39, 0.29) is 24.2 Å². The highest BCUT2D eigenvalue weighted by Gasteiger charge is 2.30. The van der Waals surface area contributed by atoms with Gasteiger partial charge in [-0.1, -0.05) is 54.6 Å². The number of β-amino-alcohol motifs (C(OH)–C–C–N with tert-alkyl or cyclic N) is 1. The molecule has 3 aromatic carbocycles. The Bertz CT molecular complexity index is 1730. The van der Waals surface area contributed by atoms with E-state index in [1.54, 1.807) is 24.1 Å². The molecule has 6 rings (SSSR count). The molecule has 0 aliphatic carbocycles. The van der Waals surface area contributed by atoms with Crippen LogP contribution in [0, 0.1) is 0 Å². The minimum atomic E-state index is -1.15. The third-order valence-corrected chi connectivity index (χ3v) is 9.56. The lowest BCUT2D eigenvalue weighted by Crippen LogP contribution is -2.53. The van der Waals surface area contributed by atoms with E-state index < -0.39 is 18.2 Å². The second-order valence-corrected chi connectivity index (χ2v) is 13.0. The number of ether oxygens (including phenoxy) is 1. The summed E-state index contributed by atoms with van der Waals surface area (Å²) in [5.41, 5.74) is 5.86. The van der Waals surface area contributed by atoms with Gasteiger partial charge in [-0.3, -0.25) is 9.59 Å². The van der Waals surface area contributed by atoms with Crippen molar-refractivity contribution in [1.29, 1.82) is 0 Å². The van der Waals surface area contributed by atoms with Crippen LogP contribution in [0.4, 0.5) is 4.79 Å². The molecule has 2 aliphatic rings. The van der Waals surface area contributed by atoms with Crippen LogP contribution in [0.15, 0.2) is 78.9 Å². The molecule has 0 bridgehead atoms. The molecular weight excluding hydrogens is 608 g/mol. The lowest BCUT2D eigenvalue weighted by Gasteiger charge is -2.35. The topological polar surface area (TPSA) is 124 Å². The lowest BCUT2D eigenvalue weighted by molar-refractivity contribution is -0.132. The van der Waals surface area contributed by atoms with Crippen LogP contribution in [-0.4, -0.2) is 94.5 Å². The summed E-state index contributed by atoms with van der Waals surface area (Å²) in [5.74, 6) is 0.0706. The second-order valence-electron chi connectivity index (χ2n) is 13.0. The standard InChI is InChI=1S/C38H44N4O6/c1-48-19-5-18-42-34-8-3-2-6-30(34)21-35(42)31-7-4-17-40(23-31)36(44)22-32(39-38(46)47)20-26-9-11-27(12-10-26)28-13-15-29(16-14-28)37(45)41-24-33(43)25-41/h2-3,6,8-16,21,31-33,39,43H,4-5,7,17-20,22-25H2,1H3,(H,46,47)/t31?,32-/m1/s1. The van der Waals surface area contributed by atoms with Crippen molar-refractivity contribution < 1.29 is 29.3 Å². The van der Waals surface area contributed by atoms with Crippen LogP contribution in [-0.2, 0) is 22.5 Å². The fraction of sp³-hybridized carbons (Fsp3) is 0.395. The van der Waals surface area contributed by atoms with Gasteiger partial charge >= 0.3 is 6.09 Å². The van der Waals surface area contributed by atoms with Gasteiger partial charge in [0.25, 0.3) is 5.91 Å².